The highest BCUT2D eigenvalue weighted by molar-refractivity contribution is 6.28. The molecule has 1 aromatic heterocycles. The molecule has 0 aromatic carbocycles. The van der Waals surface area contributed by atoms with Crippen LogP contribution in [0.15, 0.2) is 16.5 Å². The van der Waals surface area contributed by atoms with Crippen molar-refractivity contribution in [2.45, 2.75) is 6.10 Å². The van der Waals surface area contributed by atoms with Crippen LogP contribution in [0.4, 0.5) is 0 Å². The predicted molar refractivity (Wildman–Crippen MR) is 35.8 cm³/mol. The Morgan fingerprint density at radius 3 is 2.70 bits per heavy atom. The number of hydrogen-bond donors (Lipinski definition) is 2. The second-order valence-electron chi connectivity index (χ2n) is 1.84. The van der Waals surface area contributed by atoms with Gasteiger partial charge in [0, 0.05) is 0 Å². The van der Waals surface area contributed by atoms with Crippen molar-refractivity contribution >= 4 is 11.6 Å². The van der Waals surface area contributed by atoms with Gasteiger partial charge in [-0.2, -0.15) is 0 Å². The lowest BCUT2D eigenvalue weighted by Gasteiger charge is -2.00. The third-order valence-electron chi connectivity index (χ3n) is 1.10. The lowest BCUT2D eigenvalue weighted by atomic mass is 10.3. The van der Waals surface area contributed by atoms with Crippen LogP contribution < -0.4 is 0 Å². The van der Waals surface area contributed by atoms with Crippen LogP contribution in [0, 0.1) is 0 Å². The number of aliphatic hydroxyl groups excluding tert-OH is 2. The van der Waals surface area contributed by atoms with Crippen molar-refractivity contribution in [1.82, 2.24) is 0 Å². The zero-order valence-electron chi connectivity index (χ0n) is 5.12. The number of aliphatic hydroxyl groups is 2. The van der Waals surface area contributed by atoms with E-state index in [0.29, 0.717) is 0 Å². The first-order chi connectivity index (χ1) is 4.74. The van der Waals surface area contributed by atoms with Gasteiger partial charge in [0.2, 0.25) is 0 Å². The maximum absolute atomic E-state index is 8.94. The predicted octanol–water partition coefficient (Wildman–Crippen LogP) is 0.959. The Balaban J connectivity index is 2.74. The fraction of sp³-hybridized carbons (Fsp3) is 0.333. The normalized spacial score (nSPS) is 13.5. The maximum Gasteiger partial charge on any atom is 0.193 e. The Bertz CT molecular complexity index is 209. The first-order valence-electron chi connectivity index (χ1n) is 2.78. The summed E-state index contributed by atoms with van der Waals surface area (Å²) in [6.07, 6.45) is -0.965. The van der Waals surface area contributed by atoms with E-state index in [9.17, 15) is 0 Å². The highest BCUT2D eigenvalue weighted by Crippen LogP contribution is 2.18. The van der Waals surface area contributed by atoms with Gasteiger partial charge >= 0.3 is 0 Å². The molecule has 2 N–H and O–H groups in total. The van der Waals surface area contributed by atoms with E-state index in [0.717, 1.165) is 0 Å². The average Bonchev–Trinajstić information content (AvgIpc) is 2.34. The van der Waals surface area contributed by atoms with Crippen molar-refractivity contribution < 1.29 is 14.6 Å². The lowest BCUT2D eigenvalue weighted by Crippen LogP contribution is -1.99. The monoisotopic (exact) mass is 162 g/mol. The van der Waals surface area contributed by atoms with Gasteiger partial charge in [-0.15, -0.1) is 0 Å². The largest absolute Gasteiger partial charge is 0.447 e. The molecule has 0 amide bonds. The molecule has 4 heteroatoms. The molecule has 0 radical (unpaired) electrons. The highest BCUT2D eigenvalue weighted by Gasteiger charge is 2.09. The summed E-state index contributed by atoms with van der Waals surface area (Å²) in [6.45, 7) is -0.357. The van der Waals surface area contributed by atoms with Gasteiger partial charge in [0.1, 0.15) is 11.9 Å². The molecule has 1 heterocycles. The van der Waals surface area contributed by atoms with Crippen LogP contribution in [-0.2, 0) is 0 Å². The van der Waals surface area contributed by atoms with Crippen LogP contribution >= 0.6 is 11.6 Å². The summed E-state index contributed by atoms with van der Waals surface area (Å²) >= 11 is 5.40. The van der Waals surface area contributed by atoms with Crippen molar-refractivity contribution in [2.75, 3.05) is 6.61 Å². The van der Waals surface area contributed by atoms with Crippen molar-refractivity contribution in [3.63, 3.8) is 0 Å². The Morgan fingerprint density at radius 1 is 1.60 bits per heavy atom. The summed E-state index contributed by atoms with van der Waals surface area (Å²) in [5, 5.41) is 17.6. The number of rotatable bonds is 2. The van der Waals surface area contributed by atoms with Crippen molar-refractivity contribution in [1.29, 1.82) is 0 Å². The van der Waals surface area contributed by atoms with Gasteiger partial charge in [-0.25, -0.2) is 0 Å². The van der Waals surface area contributed by atoms with E-state index in [1.807, 2.05) is 0 Å². The molecule has 0 aliphatic carbocycles. The van der Waals surface area contributed by atoms with E-state index in [4.69, 9.17) is 26.2 Å². The van der Waals surface area contributed by atoms with Crippen LogP contribution in [0.1, 0.15) is 11.9 Å². The molecular weight excluding hydrogens is 156 g/mol. The highest BCUT2D eigenvalue weighted by atomic mass is 35.5. The van der Waals surface area contributed by atoms with Crippen molar-refractivity contribution in [3.8, 4) is 0 Å². The van der Waals surface area contributed by atoms with Gasteiger partial charge in [-0.3, -0.25) is 0 Å². The van der Waals surface area contributed by atoms with Crippen LogP contribution in [0.3, 0.4) is 0 Å². The molecule has 1 rings (SSSR count). The van der Waals surface area contributed by atoms with Gasteiger partial charge < -0.3 is 14.6 Å². The van der Waals surface area contributed by atoms with E-state index in [-0.39, 0.29) is 17.6 Å². The second-order valence-corrected chi connectivity index (χ2v) is 2.21. The Hall–Kier alpha value is -0.510. The van der Waals surface area contributed by atoms with Crippen molar-refractivity contribution in [2.24, 2.45) is 0 Å². The molecular formula is C6H7ClO3. The molecule has 1 atom stereocenters. The number of halogens is 1. The van der Waals surface area contributed by atoms with Gasteiger partial charge in [-0.05, 0) is 23.7 Å². The maximum atomic E-state index is 8.94. The molecule has 1 unspecified atom stereocenters. The summed E-state index contributed by atoms with van der Waals surface area (Å²) in [5.74, 6) is 0.285. The Labute approximate surface area is 62.8 Å². The van der Waals surface area contributed by atoms with Crippen LogP contribution in [-0.4, -0.2) is 16.8 Å². The van der Waals surface area contributed by atoms with E-state index in [2.05, 4.69) is 0 Å². The Morgan fingerprint density at radius 2 is 2.30 bits per heavy atom. The van der Waals surface area contributed by atoms with Gasteiger partial charge in [0.25, 0.3) is 0 Å². The minimum absolute atomic E-state index is 0.211. The molecule has 0 aliphatic heterocycles. The van der Waals surface area contributed by atoms with Gasteiger partial charge in [-0.1, -0.05) is 0 Å². The molecule has 0 aliphatic rings. The summed E-state index contributed by atoms with van der Waals surface area (Å²) in [4.78, 5) is 0. The molecule has 0 saturated carbocycles. The molecule has 1 aromatic rings. The van der Waals surface area contributed by atoms with E-state index >= 15 is 0 Å². The van der Waals surface area contributed by atoms with Crippen molar-refractivity contribution in [3.05, 3.63) is 23.1 Å². The molecule has 3 nitrogen and oxygen atoms in total. The summed E-state index contributed by atoms with van der Waals surface area (Å²) in [6, 6.07) is 3.03. The SMILES string of the molecule is OCC(O)c1ccc(Cl)o1. The number of hydrogen-bond acceptors (Lipinski definition) is 3. The molecule has 56 valence electrons. The minimum atomic E-state index is -0.965. The van der Waals surface area contributed by atoms with Crippen LogP contribution in [0.5, 0.6) is 0 Å². The second kappa shape index (κ2) is 3.05. The van der Waals surface area contributed by atoms with Gasteiger partial charge in [0.15, 0.2) is 5.22 Å². The first kappa shape index (κ1) is 7.60. The van der Waals surface area contributed by atoms with E-state index in [1.54, 1.807) is 0 Å². The average molecular weight is 163 g/mol. The zero-order chi connectivity index (χ0) is 7.56. The summed E-state index contributed by atoms with van der Waals surface area (Å²) in [5.41, 5.74) is 0. The molecule has 10 heavy (non-hydrogen) atoms. The number of furan rings is 1. The fourth-order valence-electron chi connectivity index (χ4n) is 0.597. The van der Waals surface area contributed by atoms with Gasteiger partial charge in [0.05, 0.1) is 6.61 Å². The van der Waals surface area contributed by atoms with Crippen LogP contribution in [0.2, 0.25) is 5.22 Å². The lowest BCUT2D eigenvalue weighted by molar-refractivity contribution is 0.0777. The molecule has 0 fully saturated rings. The smallest absolute Gasteiger partial charge is 0.193 e. The quantitative estimate of drug-likeness (QED) is 0.681. The summed E-state index contributed by atoms with van der Waals surface area (Å²) in [7, 11) is 0. The third-order valence-corrected chi connectivity index (χ3v) is 1.30. The Kier molecular flexibility index (Phi) is 2.32. The first-order valence-corrected chi connectivity index (χ1v) is 3.16. The standard InChI is InChI=1S/C6H7ClO3/c7-6-2-1-5(10-6)4(9)3-8/h1-2,4,8-9H,3H2. The summed E-state index contributed by atoms with van der Waals surface area (Å²) < 4.78 is 4.79. The van der Waals surface area contributed by atoms with Crippen LogP contribution in [0.25, 0.3) is 0 Å². The third kappa shape index (κ3) is 1.50. The van der Waals surface area contributed by atoms with E-state index < -0.39 is 6.10 Å². The zero-order valence-corrected chi connectivity index (χ0v) is 5.88. The molecule has 0 bridgehead atoms. The van der Waals surface area contributed by atoms with E-state index in [1.165, 1.54) is 12.1 Å². The molecule has 0 saturated heterocycles. The molecule has 0 spiro atoms. The topological polar surface area (TPSA) is 53.6 Å². The minimum Gasteiger partial charge on any atom is -0.447 e. The fourth-order valence-corrected chi connectivity index (χ4v) is 0.749.